The molecule has 0 radical (unpaired) electrons. The van der Waals surface area contributed by atoms with Crippen molar-refractivity contribution in [1.82, 2.24) is 15.0 Å². The lowest BCUT2D eigenvalue weighted by Gasteiger charge is -2.12. The first-order valence-electron chi connectivity index (χ1n) is 21.9. The number of fused-ring (bicyclic) bond motifs is 4. The molecule has 0 saturated carbocycles. The SMILES string of the molecule is c1ccc(-c2ccc(-c3cccc(-c4cccc5c4oc4cccc(-c6nc(-c7ccc(-c8ccccc8)cc7)nc(-c7ccc8cccc(-c9ccccc9)c8c7)n6)c45)c3)cc2)cc1. The second-order valence-corrected chi connectivity index (χ2v) is 16.3. The molecule has 0 spiro atoms. The van der Waals surface area contributed by atoms with Gasteiger partial charge >= 0.3 is 0 Å². The molecule has 4 heteroatoms. The summed E-state index contributed by atoms with van der Waals surface area (Å²) in [6.45, 7) is 0. The fourth-order valence-corrected chi connectivity index (χ4v) is 9.09. The summed E-state index contributed by atoms with van der Waals surface area (Å²) in [5, 5.41) is 4.25. The van der Waals surface area contributed by atoms with Gasteiger partial charge in [-0.15, -0.1) is 0 Å². The van der Waals surface area contributed by atoms with Crippen molar-refractivity contribution in [1.29, 1.82) is 0 Å². The largest absolute Gasteiger partial charge is 0.455 e. The molecular formula is C61H39N3O. The van der Waals surface area contributed by atoms with Crippen molar-refractivity contribution in [3.63, 3.8) is 0 Å². The van der Waals surface area contributed by atoms with Crippen LogP contribution in [0.2, 0.25) is 0 Å². The van der Waals surface area contributed by atoms with Crippen LogP contribution in [0.3, 0.4) is 0 Å². The molecule has 304 valence electrons. The van der Waals surface area contributed by atoms with Gasteiger partial charge in [0.1, 0.15) is 11.2 Å². The third-order valence-corrected chi connectivity index (χ3v) is 12.4. The van der Waals surface area contributed by atoms with E-state index in [4.69, 9.17) is 19.4 Å². The number of aromatic nitrogens is 3. The predicted octanol–water partition coefficient (Wildman–Crippen LogP) is 16.3. The maximum absolute atomic E-state index is 6.83. The molecule has 0 saturated heterocycles. The summed E-state index contributed by atoms with van der Waals surface area (Å²) in [5.41, 5.74) is 15.7. The van der Waals surface area contributed by atoms with Gasteiger partial charge in [-0.2, -0.15) is 0 Å². The number of hydrogen-bond donors (Lipinski definition) is 0. The van der Waals surface area contributed by atoms with E-state index in [1.165, 1.54) is 11.1 Å². The molecule has 12 rings (SSSR count). The normalized spacial score (nSPS) is 11.4. The Bertz CT molecular complexity index is 3670. The standard InChI is InChI=1S/C61H39N3O/c1-4-14-40(15-5-1)42-28-30-44(31-29-42)48-21-10-22-49(38-48)52-24-12-25-53-57-54(26-13-27-56(57)65-58(52)53)61-63-59(47-35-32-43(33-36-47)41-16-6-2-7-17-41)62-60(64-61)50-37-34-46-20-11-23-51(55(46)39-50)45-18-8-3-9-19-45/h1-39H. The molecule has 0 aliphatic heterocycles. The van der Waals surface area contributed by atoms with Crippen molar-refractivity contribution in [2.45, 2.75) is 0 Å². The molecule has 65 heavy (non-hydrogen) atoms. The van der Waals surface area contributed by atoms with Crippen LogP contribution in [0.15, 0.2) is 241 Å². The van der Waals surface area contributed by atoms with Gasteiger partial charge in [-0.1, -0.05) is 218 Å². The maximum atomic E-state index is 6.83. The van der Waals surface area contributed by atoms with E-state index < -0.39 is 0 Å². The number of hydrogen-bond acceptors (Lipinski definition) is 4. The molecule has 0 aliphatic carbocycles. The first-order chi connectivity index (χ1) is 32.2. The van der Waals surface area contributed by atoms with Gasteiger partial charge in [0.2, 0.25) is 0 Å². The summed E-state index contributed by atoms with van der Waals surface area (Å²) in [4.78, 5) is 15.8. The van der Waals surface area contributed by atoms with Crippen LogP contribution in [0.25, 0.3) is 123 Å². The van der Waals surface area contributed by atoms with Gasteiger partial charge in [0.25, 0.3) is 0 Å². The third-order valence-electron chi connectivity index (χ3n) is 12.4. The van der Waals surface area contributed by atoms with E-state index in [1.807, 2.05) is 24.3 Å². The number of rotatable bonds is 8. The lowest BCUT2D eigenvalue weighted by atomic mass is 9.96. The maximum Gasteiger partial charge on any atom is 0.164 e. The van der Waals surface area contributed by atoms with Crippen LogP contribution in [0.4, 0.5) is 0 Å². The quantitative estimate of drug-likeness (QED) is 0.153. The van der Waals surface area contributed by atoms with E-state index >= 15 is 0 Å². The van der Waals surface area contributed by atoms with Gasteiger partial charge < -0.3 is 4.42 Å². The first-order valence-corrected chi connectivity index (χ1v) is 21.9. The van der Waals surface area contributed by atoms with Crippen molar-refractivity contribution in [3.8, 4) is 89.8 Å². The smallest absolute Gasteiger partial charge is 0.164 e. The Morgan fingerprint density at radius 2 is 0.738 bits per heavy atom. The second kappa shape index (κ2) is 16.2. The minimum Gasteiger partial charge on any atom is -0.455 e. The van der Waals surface area contributed by atoms with Crippen LogP contribution in [0.1, 0.15) is 0 Å². The highest BCUT2D eigenvalue weighted by atomic mass is 16.3. The molecule has 0 fully saturated rings. The van der Waals surface area contributed by atoms with E-state index in [0.29, 0.717) is 17.5 Å². The average Bonchev–Trinajstić information content (AvgIpc) is 3.78. The number of nitrogens with zero attached hydrogens (tertiary/aromatic N) is 3. The third kappa shape index (κ3) is 7.13. The van der Waals surface area contributed by atoms with Crippen molar-refractivity contribution >= 4 is 32.7 Å². The molecule has 12 aromatic rings. The second-order valence-electron chi connectivity index (χ2n) is 16.3. The van der Waals surface area contributed by atoms with Crippen molar-refractivity contribution in [2.75, 3.05) is 0 Å². The van der Waals surface area contributed by atoms with Crippen molar-refractivity contribution < 1.29 is 4.42 Å². The van der Waals surface area contributed by atoms with Crippen LogP contribution in [-0.2, 0) is 0 Å². The lowest BCUT2D eigenvalue weighted by molar-refractivity contribution is 0.670. The summed E-state index contributed by atoms with van der Waals surface area (Å²) in [6.07, 6.45) is 0. The molecule has 2 heterocycles. The van der Waals surface area contributed by atoms with Crippen LogP contribution in [0.5, 0.6) is 0 Å². The highest BCUT2D eigenvalue weighted by Gasteiger charge is 2.20. The lowest BCUT2D eigenvalue weighted by Crippen LogP contribution is -2.00. The molecule has 4 nitrogen and oxygen atoms in total. The van der Waals surface area contributed by atoms with E-state index in [1.54, 1.807) is 0 Å². The summed E-state index contributed by atoms with van der Waals surface area (Å²) in [6, 6.07) is 82.9. The Labute approximate surface area is 376 Å². The summed E-state index contributed by atoms with van der Waals surface area (Å²) in [7, 11) is 0. The molecule has 0 aliphatic rings. The zero-order chi connectivity index (χ0) is 43.1. The minimum absolute atomic E-state index is 0.577. The zero-order valence-electron chi connectivity index (χ0n) is 35.3. The number of furan rings is 1. The van der Waals surface area contributed by atoms with Crippen molar-refractivity contribution in [3.05, 3.63) is 237 Å². The summed E-state index contributed by atoms with van der Waals surface area (Å²) < 4.78 is 6.83. The fourth-order valence-electron chi connectivity index (χ4n) is 9.09. The van der Waals surface area contributed by atoms with E-state index in [-0.39, 0.29) is 0 Å². The molecule has 2 aromatic heterocycles. The highest BCUT2D eigenvalue weighted by Crippen LogP contribution is 2.42. The van der Waals surface area contributed by atoms with Crippen LogP contribution in [-0.4, -0.2) is 15.0 Å². The Balaban J connectivity index is 0.991. The Morgan fingerprint density at radius 1 is 0.262 bits per heavy atom. The van der Waals surface area contributed by atoms with Crippen LogP contribution >= 0.6 is 0 Å². The zero-order valence-corrected chi connectivity index (χ0v) is 35.3. The molecule has 10 aromatic carbocycles. The van der Waals surface area contributed by atoms with Gasteiger partial charge in [-0.3, -0.25) is 0 Å². The van der Waals surface area contributed by atoms with E-state index in [9.17, 15) is 0 Å². The van der Waals surface area contributed by atoms with Crippen molar-refractivity contribution in [2.24, 2.45) is 0 Å². The van der Waals surface area contributed by atoms with Crippen LogP contribution < -0.4 is 0 Å². The van der Waals surface area contributed by atoms with Gasteiger partial charge in [0, 0.05) is 33.0 Å². The topological polar surface area (TPSA) is 51.8 Å². The van der Waals surface area contributed by atoms with E-state index in [2.05, 4.69) is 212 Å². The van der Waals surface area contributed by atoms with Gasteiger partial charge in [0.15, 0.2) is 17.5 Å². The molecule has 0 amide bonds. The fraction of sp³-hybridized carbons (Fsp3) is 0. The van der Waals surface area contributed by atoms with Gasteiger partial charge in [-0.05, 0) is 79.0 Å². The highest BCUT2D eigenvalue weighted by molar-refractivity contribution is 6.15. The summed E-state index contributed by atoms with van der Waals surface area (Å²) >= 11 is 0. The predicted molar refractivity (Wildman–Crippen MR) is 268 cm³/mol. The summed E-state index contributed by atoms with van der Waals surface area (Å²) in [5.74, 6) is 1.77. The van der Waals surface area contributed by atoms with Crippen LogP contribution in [0, 0.1) is 0 Å². The first kappa shape index (κ1) is 38.0. The molecule has 0 bridgehead atoms. The van der Waals surface area contributed by atoms with Gasteiger partial charge in [-0.25, -0.2) is 15.0 Å². The Morgan fingerprint density at radius 3 is 1.43 bits per heavy atom. The number of benzene rings is 10. The number of para-hydroxylation sites is 1. The molecule has 0 atom stereocenters. The Kier molecular flexibility index (Phi) is 9.46. The average molecular weight is 830 g/mol. The minimum atomic E-state index is 0.577. The van der Waals surface area contributed by atoms with Gasteiger partial charge in [0.05, 0.1) is 0 Å². The molecular weight excluding hydrogens is 791 g/mol. The Hall–Kier alpha value is -8.73. The van der Waals surface area contributed by atoms with E-state index in [0.717, 1.165) is 93.9 Å². The molecule has 0 unspecified atom stereocenters. The molecule has 0 N–H and O–H groups in total. The monoisotopic (exact) mass is 829 g/mol.